The molecule has 0 aliphatic heterocycles. The van der Waals surface area contributed by atoms with Gasteiger partial charge in [0.2, 0.25) is 11.5 Å². The van der Waals surface area contributed by atoms with Crippen LogP contribution in [0.3, 0.4) is 0 Å². The monoisotopic (exact) mass is 296 g/mol. The minimum absolute atomic E-state index is 0.314. The maximum Gasteiger partial charge on any atom is 0.214 e. The fourth-order valence-corrected chi connectivity index (χ4v) is 1.75. The highest BCUT2D eigenvalue weighted by molar-refractivity contribution is 5.47. The zero-order valence-electron chi connectivity index (χ0n) is 13.7. The molecule has 0 spiro atoms. The molecule has 0 fully saturated rings. The average molecular weight is 296 g/mol. The van der Waals surface area contributed by atoms with E-state index < -0.39 is 0 Å². The largest absolute Gasteiger partial charge is 0.333 e. The highest BCUT2D eigenvalue weighted by Gasteiger charge is 2.16. The van der Waals surface area contributed by atoms with Crippen LogP contribution in [0.1, 0.15) is 64.9 Å². The summed E-state index contributed by atoms with van der Waals surface area (Å²) >= 11 is 0. The molecule has 1 rings (SSSR count). The Hall–Kier alpha value is -1.26. The summed E-state index contributed by atoms with van der Waals surface area (Å²) in [7, 11) is 0. The first-order chi connectivity index (χ1) is 10.2. The molecule has 0 unspecified atom stereocenters. The van der Waals surface area contributed by atoms with Gasteiger partial charge in [-0.2, -0.15) is 9.78 Å². The predicted octanol–water partition coefficient (Wildman–Crippen LogP) is 5.03. The van der Waals surface area contributed by atoms with E-state index in [-0.39, 0.29) is 0 Å². The van der Waals surface area contributed by atoms with Crippen LogP contribution in [-0.2, 0) is 9.78 Å². The highest BCUT2D eigenvalue weighted by Crippen LogP contribution is 2.36. The van der Waals surface area contributed by atoms with Gasteiger partial charge in [0.05, 0.1) is 13.2 Å². The van der Waals surface area contributed by atoms with Gasteiger partial charge in [-0.3, -0.25) is 0 Å². The summed E-state index contributed by atoms with van der Waals surface area (Å²) < 4.78 is 0. The van der Waals surface area contributed by atoms with Crippen LogP contribution >= 0.6 is 0 Å². The molecule has 1 aromatic carbocycles. The van der Waals surface area contributed by atoms with Gasteiger partial charge in [0.15, 0.2) is 0 Å². The number of hydrogen-bond donors (Lipinski definition) is 0. The lowest BCUT2D eigenvalue weighted by atomic mass is 10.0. The van der Waals surface area contributed by atoms with Crippen molar-refractivity contribution in [2.24, 2.45) is 0 Å². The smallest absolute Gasteiger partial charge is 0.214 e. The Bertz CT molecular complexity index is 390. The quantitative estimate of drug-likeness (QED) is 0.326. The number of unbranched alkanes of at least 4 members (excludes halogenated alkanes) is 2. The summed E-state index contributed by atoms with van der Waals surface area (Å²) in [4.78, 5) is 21.4. The van der Waals surface area contributed by atoms with Gasteiger partial charge in [-0.25, -0.2) is 0 Å². The van der Waals surface area contributed by atoms with Gasteiger partial charge in [0.25, 0.3) is 0 Å². The molecule has 0 aliphatic carbocycles. The zero-order chi connectivity index (χ0) is 15.5. The van der Waals surface area contributed by atoms with Crippen molar-refractivity contribution in [1.82, 2.24) is 0 Å². The van der Waals surface area contributed by atoms with Gasteiger partial charge in [-0.1, -0.05) is 52.7 Å². The van der Waals surface area contributed by atoms with Gasteiger partial charge in [-0.15, -0.1) is 0 Å². The number of hydrogen-bond acceptors (Lipinski definition) is 4. The summed E-state index contributed by atoms with van der Waals surface area (Å²) in [6.45, 7) is 9.57. The molecule has 0 atom stereocenters. The SMILES string of the molecule is CCCCOOc1cccc(C(C)C)c1OOCCCC. The van der Waals surface area contributed by atoms with Crippen molar-refractivity contribution in [3.05, 3.63) is 23.8 Å². The molecule has 0 saturated carbocycles. The van der Waals surface area contributed by atoms with Crippen LogP contribution < -0.4 is 9.78 Å². The van der Waals surface area contributed by atoms with Crippen LogP contribution in [0.2, 0.25) is 0 Å². The van der Waals surface area contributed by atoms with E-state index in [0.717, 1.165) is 31.2 Å². The third-order valence-corrected chi connectivity index (χ3v) is 3.08. The lowest BCUT2D eigenvalue weighted by molar-refractivity contribution is -0.229. The van der Waals surface area contributed by atoms with Crippen LogP contribution in [0.15, 0.2) is 18.2 Å². The van der Waals surface area contributed by atoms with E-state index in [0.29, 0.717) is 30.6 Å². The summed E-state index contributed by atoms with van der Waals surface area (Å²) in [5, 5.41) is 0. The lowest BCUT2D eigenvalue weighted by Crippen LogP contribution is -2.06. The van der Waals surface area contributed by atoms with Crippen LogP contribution in [0, 0.1) is 0 Å². The summed E-state index contributed by atoms with van der Waals surface area (Å²) in [6, 6.07) is 5.78. The van der Waals surface area contributed by atoms with E-state index in [2.05, 4.69) is 27.7 Å². The topological polar surface area (TPSA) is 36.9 Å². The van der Waals surface area contributed by atoms with E-state index in [1.165, 1.54) is 0 Å². The Balaban J connectivity index is 2.72. The van der Waals surface area contributed by atoms with Gasteiger partial charge in [0, 0.05) is 5.56 Å². The Kier molecular flexibility index (Phi) is 8.87. The fourth-order valence-electron chi connectivity index (χ4n) is 1.75. The second-order valence-electron chi connectivity index (χ2n) is 5.35. The predicted molar refractivity (Wildman–Crippen MR) is 83.5 cm³/mol. The molecule has 0 aliphatic rings. The van der Waals surface area contributed by atoms with Crippen LogP contribution in [0.25, 0.3) is 0 Å². The molecule has 0 bridgehead atoms. The van der Waals surface area contributed by atoms with E-state index in [1.54, 1.807) is 0 Å². The first-order valence-corrected chi connectivity index (χ1v) is 7.92. The average Bonchev–Trinajstić information content (AvgIpc) is 2.48. The minimum atomic E-state index is 0.314. The molecule has 0 aromatic heterocycles. The molecule has 4 heteroatoms. The molecular formula is C17H28O4. The zero-order valence-corrected chi connectivity index (χ0v) is 13.7. The van der Waals surface area contributed by atoms with Crippen molar-refractivity contribution in [3.63, 3.8) is 0 Å². The van der Waals surface area contributed by atoms with Crippen molar-refractivity contribution in [2.75, 3.05) is 13.2 Å². The molecular weight excluding hydrogens is 268 g/mol. The molecule has 21 heavy (non-hydrogen) atoms. The minimum Gasteiger partial charge on any atom is -0.333 e. The van der Waals surface area contributed by atoms with Crippen molar-refractivity contribution < 1.29 is 19.6 Å². The van der Waals surface area contributed by atoms with Crippen molar-refractivity contribution in [2.45, 2.75) is 59.3 Å². The molecule has 0 saturated heterocycles. The Labute approximate surface area is 128 Å². The van der Waals surface area contributed by atoms with E-state index in [4.69, 9.17) is 19.6 Å². The maximum atomic E-state index is 5.48. The second-order valence-corrected chi connectivity index (χ2v) is 5.35. The summed E-state index contributed by atoms with van der Waals surface area (Å²) in [5.41, 5.74) is 1.04. The van der Waals surface area contributed by atoms with E-state index in [1.807, 2.05) is 18.2 Å². The number of para-hydroxylation sites is 1. The Morgan fingerprint density at radius 3 is 2.10 bits per heavy atom. The number of rotatable bonds is 11. The molecule has 0 heterocycles. The van der Waals surface area contributed by atoms with Gasteiger partial charge < -0.3 is 9.78 Å². The van der Waals surface area contributed by atoms with Crippen molar-refractivity contribution >= 4 is 0 Å². The summed E-state index contributed by atoms with van der Waals surface area (Å²) in [6.07, 6.45) is 4.07. The third kappa shape index (κ3) is 6.36. The van der Waals surface area contributed by atoms with Crippen LogP contribution in [-0.4, -0.2) is 13.2 Å². The molecule has 1 aromatic rings. The Morgan fingerprint density at radius 2 is 1.52 bits per heavy atom. The molecule has 0 radical (unpaired) electrons. The van der Waals surface area contributed by atoms with Gasteiger partial charge >= 0.3 is 0 Å². The van der Waals surface area contributed by atoms with Crippen LogP contribution in [0.4, 0.5) is 0 Å². The molecule has 120 valence electrons. The Morgan fingerprint density at radius 1 is 0.905 bits per heavy atom. The van der Waals surface area contributed by atoms with E-state index >= 15 is 0 Å². The lowest BCUT2D eigenvalue weighted by Gasteiger charge is -2.15. The summed E-state index contributed by atoms with van der Waals surface area (Å²) in [5.74, 6) is 1.49. The fraction of sp³-hybridized carbons (Fsp3) is 0.647. The molecule has 0 amide bonds. The first kappa shape index (κ1) is 17.8. The first-order valence-electron chi connectivity index (χ1n) is 7.92. The van der Waals surface area contributed by atoms with Gasteiger partial charge in [-0.05, 0) is 24.8 Å². The van der Waals surface area contributed by atoms with Gasteiger partial charge in [0.1, 0.15) is 0 Å². The number of benzene rings is 1. The highest BCUT2D eigenvalue weighted by atomic mass is 17.2. The van der Waals surface area contributed by atoms with Crippen molar-refractivity contribution in [1.29, 1.82) is 0 Å². The second kappa shape index (κ2) is 10.5. The van der Waals surface area contributed by atoms with Crippen molar-refractivity contribution in [3.8, 4) is 11.5 Å². The normalized spacial score (nSPS) is 10.9. The maximum absolute atomic E-state index is 5.48. The standard InChI is InChI=1S/C17H28O4/c1-5-7-12-18-20-16-11-9-10-15(14(3)4)17(16)21-19-13-8-6-2/h9-11,14H,5-8,12-13H2,1-4H3. The van der Waals surface area contributed by atoms with Crippen LogP contribution in [0.5, 0.6) is 11.5 Å². The van der Waals surface area contributed by atoms with E-state index in [9.17, 15) is 0 Å². The molecule has 4 nitrogen and oxygen atoms in total. The third-order valence-electron chi connectivity index (χ3n) is 3.08. The molecule has 0 N–H and O–H groups in total.